The molecule has 14 heavy (non-hydrogen) atoms. The molecule has 82 valence electrons. The summed E-state index contributed by atoms with van der Waals surface area (Å²) in [6, 6.07) is -0.263. The van der Waals surface area contributed by atoms with Gasteiger partial charge in [-0.1, -0.05) is 0 Å². The molecule has 1 N–H and O–H groups in total. The molecule has 0 aromatic heterocycles. The van der Waals surface area contributed by atoms with Gasteiger partial charge in [0.25, 0.3) is 0 Å². The van der Waals surface area contributed by atoms with E-state index in [0.717, 1.165) is 5.75 Å². The van der Waals surface area contributed by atoms with Crippen molar-refractivity contribution in [3.05, 3.63) is 0 Å². The average molecular weight is 220 g/mol. The summed E-state index contributed by atoms with van der Waals surface area (Å²) in [5.41, 5.74) is 0. The molecule has 0 saturated heterocycles. The van der Waals surface area contributed by atoms with E-state index in [4.69, 9.17) is 5.11 Å². The van der Waals surface area contributed by atoms with Crippen LogP contribution in [-0.4, -0.2) is 66.1 Å². The van der Waals surface area contributed by atoms with Gasteiger partial charge >= 0.3 is 12.0 Å². The van der Waals surface area contributed by atoms with Crippen LogP contribution >= 0.6 is 11.8 Å². The van der Waals surface area contributed by atoms with Crippen molar-refractivity contribution >= 4 is 23.8 Å². The summed E-state index contributed by atoms with van der Waals surface area (Å²) >= 11 is 1.64. The highest BCUT2D eigenvalue weighted by molar-refractivity contribution is 7.98. The molecule has 0 aromatic rings. The molecule has 0 aliphatic heterocycles. The molecule has 2 amide bonds. The minimum absolute atomic E-state index is 0.261. The molecular formula is C8H16N2O3S. The van der Waals surface area contributed by atoms with E-state index in [1.165, 1.54) is 16.8 Å². The number of thioether (sulfide) groups is 1. The van der Waals surface area contributed by atoms with E-state index in [-0.39, 0.29) is 12.6 Å². The van der Waals surface area contributed by atoms with Crippen molar-refractivity contribution in [2.75, 3.05) is 39.2 Å². The molecule has 6 heteroatoms. The Morgan fingerprint density at radius 1 is 1.29 bits per heavy atom. The minimum atomic E-state index is -1.00. The number of likely N-dealkylation sites (N-methyl/N-ethyl adjacent to an activating group) is 1. The Hall–Kier alpha value is -0.910. The van der Waals surface area contributed by atoms with E-state index in [2.05, 4.69) is 0 Å². The van der Waals surface area contributed by atoms with Crippen LogP contribution in [0, 0.1) is 0 Å². The second kappa shape index (κ2) is 6.53. The van der Waals surface area contributed by atoms with Crippen molar-refractivity contribution in [1.82, 2.24) is 9.80 Å². The van der Waals surface area contributed by atoms with Gasteiger partial charge in [-0.05, 0) is 6.26 Å². The van der Waals surface area contributed by atoms with Crippen molar-refractivity contribution in [3.8, 4) is 0 Å². The zero-order valence-electron chi connectivity index (χ0n) is 8.69. The number of carboxylic acids is 1. The Labute approximate surface area is 88.1 Å². The molecule has 0 unspecified atom stereocenters. The van der Waals surface area contributed by atoms with Gasteiger partial charge in [-0.2, -0.15) is 11.8 Å². The maximum absolute atomic E-state index is 11.5. The van der Waals surface area contributed by atoms with Gasteiger partial charge in [-0.3, -0.25) is 4.79 Å². The van der Waals surface area contributed by atoms with Gasteiger partial charge in [0, 0.05) is 26.4 Å². The largest absolute Gasteiger partial charge is 0.480 e. The van der Waals surface area contributed by atoms with Crippen LogP contribution in [0.15, 0.2) is 0 Å². The van der Waals surface area contributed by atoms with Crippen molar-refractivity contribution in [2.45, 2.75) is 0 Å². The van der Waals surface area contributed by atoms with Crippen LogP contribution in [0.25, 0.3) is 0 Å². The molecule has 0 saturated carbocycles. The number of urea groups is 1. The van der Waals surface area contributed by atoms with Crippen LogP contribution in [0.3, 0.4) is 0 Å². The number of amides is 2. The Morgan fingerprint density at radius 3 is 2.29 bits per heavy atom. The van der Waals surface area contributed by atoms with E-state index in [0.29, 0.717) is 6.54 Å². The molecule has 0 rings (SSSR count). The van der Waals surface area contributed by atoms with Crippen LogP contribution in [0.4, 0.5) is 4.79 Å². The smallest absolute Gasteiger partial charge is 0.323 e. The SMILES string of the molecule is CSCCN(C)C(=O)N(C)CC(=O)O. The fraction of sp³-hybridized carbons (Fsp3) is 0.750. The zero-order valence-corrected chi connectivity index (χ0v) is 9.50. The van der Waals surface area contributed by atoms with Crippen molar-refractivity contribution in [3.63, 3.8) is 0 Å². The van der Waals surface area contributed by atoms with Gasteiger partial charge in [0.1, 0.15) is 6.54 Å². The van der Waals surface area contributed by atoms with Crippen LogP contribution in [0.2, 0.25) is 0 Å². The average Bonchev–Trinajstić information content (AvgIpc) is 2.11. The lowest BCUT2D eigenvalue weighted by Gasteiger charge is -2.23. The van der Waals surface area contributed by atoms with Crippen LogP contribution in [0.1, 0.15) is 0 Å². The molecule has 0 spiro atoms. The quantitative estimate of drug-likeness (QED) is 0.729. The van der Waals surface area contributed by atoms with Crippen molar-refractivity contribution < 1.29 is 14.7 Å². The Kier molecular flexibility index (Phi) is 6.11. The lowest BCUT2D eigenvalue weighted by molar-refractivity contribution is -0.137. The fourth-order valence-corrected chi connectivity index (χ4v) is 1.34. The number of carbonyl (C=O) groups excluding carboxylic acids is 1. The monoisotopic (exact) mass is 220 g/mol. The predicted octanol–water partition coefficient (Wildman–Crippen LogP) is 0.418. The number of aliphatic carboxylic acids is 1. The number of carboxylic acid groups (broad SMARTS) is 1. The normalized spacial score (nSPS) is 9.64. The third kappa shape index (κ3) is 4.96. The second-order valence-corrected chi connectivity index (χ2v) is 3.93. The summed E-state index contributed by atoms with van der Waals surface area (Å²) in [5, 5.41) is 8.47. The molecule has 0 atom stereocenters. The van der Waals surface area contributed by atoms with Gasteiger partial charge in [0.2, 0.25) is 0 Å². The van der Waals surface area contributed by atoms with E-state index in [1.807, 2.05) is 6.26 Å². The summed E-state index contributed by atoms with van der Waals surface area (Å²) in [5.74, 6) is -0.150. The first-order chi connectivity index (χ1) is 6.49. The van der Waals surface area contributed by atoms with E-state index in [1.54, 1.807) is 18.8 Å². The number of rotatable bonds is 5. The summed E-state index contributed by atoms with van der Waals surface area (Å²) < 4.78 is 0. The highest BCUT2D eigenvalue weighted by Crippen LogP contribution is 1.97. The first kappa shape index (κ1) is 13.1. The standard InChI is InChI=1S/C8H16N2O3S/c1-9(4-5-14-3)8(13)10(2)6-7(11)12/h4-6H2,1-3H3,(H,11,12). The minimum Gasteiger partial charge on any atom is -0.480 e. The molecule has 0 bridgehead atoms. The maximum Gasteiger partial charge on any atom is 0.323 e. The molecule has 0 aliphatic rings. The summed E-state index contributed by atoms with van der Waals surface area (Å²) in [7, 11) is 3.14. The van der Waals surface area contributed by atoms with Gasteiger partial charge in [-0.25, -0.2) is 4.79 Å². The first-order valence-corrected chi connectivity index (χ1v) is 5.55. The number of hydrogen-bond acceptors (Lipinski definition) is 3. The zero-order chi connectivity index (χ0) is 11.1. The molecule has 0 fully saturated rings. The van der Waals surface area contributed by atoms with E-state index >= 15 is 0 Å². The van der Waals surface area contributed by atoms with Crippen molar-refractivity contribution in [1.29, 1.82) is 0 Å². The Bertz CT molecular complexity index is 211. The second-order valence-electron chi connectivity index (χ2n) is 2.95. The lowest BCUT2D eigenvalue weighted by atomic mass is 10.5. The predicted molar refractivity (Wildman–Crippen MR) is 56.7 cm³/mol. The van der Waals surface area contributed by atoms with Crippen molar-refractivity contribution in [2.24, 2.45) is 0 Å². The van der Waals surface area contributed by atoms with E-state index in [9.17, 15) is 9.59 Å². The highest BCUT2D eigenvalue weighted by atomic mass is 32.2. The molecule has 0 heterocycles. The van der Waals surface area contributed by atoms with Crippen LogP contribution in [0.5, 0.6) is 0 Å². The first-order valence-electron chi connectivity index (χ1n) is 4.16. The fourth-order valence-electron chi connectivity index (χ4n) is 0.886. The summed E-state index contributed by atoms with van der Waals surface area (Å²) in [4.78, 5) is 24.5. The van der Waals surface area contributed by atoms with Crippen LogP contribution < -0.4 is 0 Å². The van der Waals surface area contributed by atoms with Crippen LogP contribution in [-0.2, 0) is 4.79 Å². The summed E-state index contributed by atoms with van der Waals surface area (Å²) in [6.45, 7) is 0.367. The lowest BCUT2D eigenvalue weighted by Crippen LogP contribution is -2.42. The molecule has 0 aromatic carbocycles. The maximum atomic E-state index is 11.5. The molecule has 0 radical (unpaired) electrons. The summed E-state index contributed by atoms with van der Waals surface area (Å²) in [6.07, 6.45) is 1.96. The number of carbonyl (C=O) groups is 2. The molecular weight excluding hydrogens is 204 g/mol. The molecule has 5 nitrogen and oxygen atoms in total. The third-order valence-electron chi connectivity index (χ3n) is 1.66. The topological polar surface area (TPSA) is 60.9 Å². The van der Waals surface area contributed by atoms with Gasteiger partial charge in [0.05, 0.1) is 0 Å². The third-order valence-corrected chi connectivity index (χ3v) is 2.25. The van der Waals surface area contributed by atoms with Gasteiger partial charge in [-0.15, -0.1) is 0 Å². The molecule has 0 aliphatic carbocycles. The Morgan fingerprint density at radius 2 is 1.86 bits per heavy atom. The van der Waals surface area contributed by atoms with Gasteiger partial charge < -0.3 is 14.9 Å². The number of hydrogen-bond donors (Lipinski definition) is 1. The van der Waals surface area contributed by atoms with E-state index < -0.39 is 5.97 Å². The number of nitrogens with zero attached hydrogens (tertiary/aromatic N) is 2. The van der Waals surface area contributed by atoms with Gasteiger partial charge in [0.15, 0.2) is 0 Å². The highest BCUT2D eigenvalue weighted by Gasteiger charge is 2.15. The Balaban J connectivity index is 3.97.